The van der Waals surface area contributed by atoms with Gasteiger partial charge in [0.25, 0.3) is 0 Å². The molecule has 0 saturated carbocycles. The minimum atomic E-state index is 0.221. The van der Waals surface area contributed by atoms with Gasteiger partial charge in [-0.2, -0.15) is 0 Å². The summed E-state index contributed by atoms with van der Waals surface area (Å²) in [5.74, 6) is 0.221. The van der Waals surface area contributed by atoms with Crippen molar-refractivity contribution in [3.05, 3.63) is 36.2 Å². The predicted molar refractivity (Wildman–Crippen MR) is 74.8 cm³/mol. The first-order valence-electron chi connectivity index (χ1n) is 7.15. The summed E-state index contributed by atoms with van der Waals surface area (Å²) in [6.45, 7) is 1.79. The molecule has 7 nitrogen and oxygen atoms in total. The summed E-state index contributed by atoms with van der Waals surface area (Å²) in [5.41, 5.74) is 1.91. The molecule has 108 valence electrons. The molecule has 1 aromatic heterocycles. The molecule has 3 heterocycles. The first kappa shape index (κ1) is 12.5. The van der Waals surface area contributed by atoms with Crippen molar-refractivity contribution in [2.24, 2.45) is 0 Å². The van der Waals surface area contributed by atoms with Crippen LogP contribution in [0.15, 0.2) is 30.6 Å². The lowest BCUT2D eigenvalue weighted by molar-refractivity contribution is -0.131. The number of aromatic nitrogens is 4. The average Bonchev–Trinajstić information content (AvgIpc) is 3.25. The van der Waals surface area contributed by atoms with Crippen molar-refractivity contribution in [1.82, 2.24) is 30.4 Å². The molecule has 21 heavy (non-hydrogen) atoms. The Balaban J connectivity index is 1.44. The normalized spacial score (nSPS) is 23.7. The van der Waals surface area contributed by atoms with Gasteiger partial charge < -0.3 is 10.2 Å². The molecule has 2 saturated heterocycles. The Kier molecular flexibility index (Phi) is 2.92. The second-order valence-corrected chi connectivity index (χ2v) is 5.64. The van der Waals surface area contributed by atoms with Crippen LogP contribution in [0.2, 0.25) is 0 Å². The van der Waals surface area contributed by atoms with Crippen LogP contribution in [-0.2, 0) is 11.2 Å². The number of carbonyl (C=O) groups excluding carboxylic acids is 1. The molecule has 4 rings (SSSR count). The standard InChI is InChI=1S/C14H16N6O/c21-14(19-8-11-6-13(19)7-15-11)5-10-1-3-12(4-2-10)20-9-16-17-18-20/h1-4,9,11,13,15H,5-8H2. The summed E-state index contributed by atoms with van der Waals surface area (Å²) < 4.78 is 1.59. The molecule has 1 aromatic carbocycles. The zero-order valence-electron chi connectivity index (χ0n) is 11.5. The van der Waals surface area contributed by atoms with Crippen LogP contribution >= 0.6 is 0 Å². The molecule has 0 radical (unpaired) electrons. The first-order valence-corrected chi connectivity index (χ1v) is 7.15. The highest BCUT2D eigenvalue weighted by molar-refractivity contribution is 5.79. The van der Waals surface area contributed by atoms with Gasteiger partial charge in [-0.3, -0.25) is 4.79 Å². The molecular weight excluding hydrogens is 268 g/mol. The van der Waals surface area contributed by atoms with Crippen LogP contribution in [0.4, 0.5) is 0 Å². The Morgan fingerprint density at radius 1 is 1.33 bits per heavy atom. The number of amides is 1. The number of fused-ring (bicyclic) bond motifs is 2. The summed E-state index contributed by atoms with van der Waals surface area (Å²) >= 11 is 0. The minimum absolute atomic E-state index is 0.221. The van der Waals surface area contributed by atoms with E-state index in [-0.39, 0.29) is 5.91 Å². The molecule has 7 heteroatoms. The number of benzene rings is 1. The van der Waals surface area contributed by atoms with Crippen molar-refractivity contribution in [2.75, 3.05) is 13.1 Å². The largest absolute Gasteiger partial charge is 0.337 e. The van der Waals surface area contributed by atoms with Gasteiger partial charge in [-0.1, -0.05) is 12.1 Å². The van der Waals surface area contributed by atoms with E-state index in [1.165, 1.54) is 0 Å². The molecule has 0 aliphatic carbocycles. The zero-order valence-corrected chi connectivity index (χ0v) is 11.5. The molecule has 1 N–H and O–H groups in total. The van der Waals surface area contributed by atoms with Crippen molar-refractivity contribution in [3.63, 3.8) is 0 Å². The lowest BCUT2D eigenvalue weighted by Crippen LogP contribution is -2.47. The van der Waals surface area contributed by atoms with E-state index in [0.717, 1.165) is 30.8 Å². The van der Waals surface area contributed by atoms with E-state index < -0.39 is 0 Å². The van der Waals surface area contributed by atoms with Gasteiger partial charge in [-0.05, 0) is 34.5 Å². The van der Waals surface area contributed by atoms with Gasteiger partial charge in [0, 0.05) is 25.2 Å². The molecule has 2 bridgehead atoms. The van der Waals surface area contributed by atoms with Crippen molar-refractivity contribution >= 4 is 5.91 Å². The molecular formula is C14H16N6O. The molecule has 1 amide bonds. The van der Waals surface area contributed by atoms with Gasteiger partial charge in [0.1, 0.15) is 6.33 Å². The van der Waals surface area contributed by atoms with Crippen LogP contribution in [0.1, 0.15) is 12.0 Å². The number of hydrogen-bond donors (Lipinski definition) is 1. The highest BCUT2D eigenvalue weighted by Crippen LogP contribution is 2.24. The fourth-order valence-corrected chi connectivity index (χ4v) is 3.19. The summed E-state index contributed by atoms with van der Waals surface area (Å²) in [6, 6.07) is 8.67. The van der Waals surface area contributed by atoms with E-state index in [0.29, 0.717) is 18.5 Å². The van der Waals surface area contributed by atoms with E-state index in [2.05, 4.69) is 20.8 Å². The monoisotopic (exact) mass is 284 g/mol. The van der Waals surface area contributed by atoms with Crippen LogP contribution in [0, 0.1) is 0 Å². The lowest BCUT2D eigenvalue weighted by Gasteiger charge is -2.27. The number of hydrogen-bond acceptors (Lipinski definition) is 5. The number of piperazine rings is 1. The predicted octanol–water partition coefficient (Wildman–Crippen LogP) is -0.222. The van der Waals surface area contributed by atoms with Gasteiger partial charge in [-0.25, -0.2) is 4.68 Å². The molecule has 2 aliphatic rings. The maximum atomic E-state index is 12.4. The topological polar surface area (TPSA) is 75.9 Å². The maximum absolute atomic E-state index is 12.4. The third-order valence-electron chi connectivity index (χ3n) is 4.28. The highest BCUT2D eigenvalue weighted by Gasteiger charge is 2.39. The molecule has 2 unspecified atom stereocenters. The van der Waals surface area contributed by atoms with Crippen molar-refractivity contribution < 1.29 is 4.79 Å². The van der Waals surface area contributed by atoms with E-state index in [1.807, 2.05) is 29.2 Å². The van der Waals surface area contributed by atoms with E-state index >= 15 is 0 Å². The Labute approximate surface area is 121 Å². The van der Waals surface area contributed by atoms with Crippen molar-refractivity contribution in [1.29, 1.82) is 0 Å². The van der Waals surface area contributed by atoms with E-state index in [9.17, 15) is 4.79 Å². The SMILES string of the molecule is O=C(Cc1ccc(-n2cnnn2)cc1)N1CC2CC1CN2. The Morgan fingerprint density at radius 3 is 2.81 bits per heavy atom. The lowest BCUT2D eigenvalue weighted by atomic mass is 10.1. The molecule has 0 spiro atoms. The van der Waals surface area contributed by atoms with Gasteiger partial charge >= 0.3 is 0 Å². The maximum Gasteiger partial charge on any atom is 0.227 e. The number of tetrazole rings is 1. The van der Waals surface area contributed by atoms with Gasteiger partial charge in [0.2, 0.25) is 5.91 Å². The van der Waals surface area contributed by atoms with Crippen LogP contribution in [0.5, 0.6) is 0 Å². The van der Waals surface area contributed by atoms with Crippen LogP contribution in [0.3, 0.4) is 0 Å². The number of nitrogens with one attached hydrogen (secondary N) is 1. The second-order valence-electron chi connectivity index (χ2n) is 5.64. The number of rotatable bonds is 3. The molecule has 2 aliphatic heterocycles. The van der Waals surface area contributed by atoms with Gasteiger partial charge in [0.15, 0.2) is 0 Å². The number of carbonyl (C=O) groups is 1. The quantitative estimate of drug-likeness (QED) is 0.843. The van der Waals surface area contributed by atoms with E-state index in [4.69, 9.17) is 0 Å². The number of nitrogens with zero attached hydrogens (tertiary/aromatic N) is 5. The Bertz CT molecular complexity index is 638. The minimum Gasteiger partial charge on any atom is -0.337 e. The zero-order chi connectivity index (χ0) is 14.2. The third kappa shape index (κ3) is 2.29. The highest BCUT2D eigenvalue weighted by atomic mass is 16.2. The third-order valence-corrected chi connectivity index (χ3v) is 4.28. The average molecular weight is 284 g/mol. The summed E-state index contributed by atoms with van der Waals surface area (Å²) in [4.78, 5) is 14.4. The fourth-order valence-electron chi connectivity index (χ4n) is 3.19. The fraction of sp³-hybridized carbons (Fsp3) is 0.429. The molecule has 2 fully saturated rings. The smallest absolute Gasteiger partial charge is 0.227 e. The summed E-state index contributed by atoms with van der Waals surface area (Å²) in [7, 11) is 0. The summed E-state index contributed by atoms with van der Waals surface area (Å²) in [6.07, 6.45) is 3.11. The van der Waals surface area contributed by atoms with Crippen molar-refractivity contribution in [2.45, 2.75) is 24.9 Å². The molecule has 2 aromatic rings. The van der Waals surface area contributed by atoms with Crippen LogP contribution in [0.25, 0.3) is 5.69 Å². The van der Waals surface area contributed by atoms with Crippen LogP contribution in [-0.4, -0.2) is 56.2 Å². The van der Waals surface area contributed by atoms with Gasteiger partial charge in [-0.15, -0.1) is 5.10 Å². The summed E-state index contributed by atoms with van der Waals surface area (Å²) in [5, 5.41) is 14.5. The van der Waals surface area contributed by atoms with Crippen LogP contribution < -0.4 is 5.32 Å². The van der Waals surface area contributed by atoms with Gasteiger partial charge in [0.05, 0.1) is 12.1 Å². The first-order chi connectivity index (χ1) is 10.3. The number of likely N-dealkylation sites (tertiary alicyclic amines) is 1. The Morgan fingerprint density at radius 2 is 2.19 bits per heavy atom. The molecule has 2 atom stereocenters. The second kappa shape index (κ2) is 4.92. The Hall–Kier alpha value is -2.28. The van der Waals surface area contributed by atoms with Crippen molar-refractivity contribution in [3.8, 4) is 5.69 Å². The van der Waals surface area contributed by atoms with E-state index in [1.54, 1.807) is 11.0 Å².